The van der Waals surface area contributed by atoms with E-state index in [0.717, 1.165) is 77.0 Å². The van der Waals surface area contributed by atoms with Gasteiger partial charge in [-0.05, 0) is 94.8 Å². The Balaban J connectivity index is 4.67. The maximum atomic E-state index is 10.7. The van der Waals surface area contributed by atoms with E-state index < -0.39 is 23.9 Å². The van der Waals surface area contributed by atoms with E-state index in [-0.39, 0.29) is 41.5 Å². The zero-order valence-corrected chi connectivity index (χ0v) is 32.9. The molecule has 8 nitrogen and oxygen atoms in total. The highest BCUT2D eigenvalue weighted by Gasteiger charge is 2.12. The standard InChI is InChI=1S/C39H74O8P2/c40-36(41)26-17-9-1-5-13-21-30-48(31-22-14-6-2-10-18-27-37(42)43)34-25-35-49(32-23-15-7-3-11-19-28-38(44)45)33-24-16-8-4-12-20-29-39(46)47/h1-35H2,(H,40,41)(H,42,43)(H,44,45)(H,46,47). The molecular formula is C39H74O8P2. The van der Waals surface area contributed by atoms with Crippen molar-refractivity contribution in [2.75, 3.05) is 37.0 Å². The maximum Gasteiger partial charge on any atom is 0.303 e. The Bertz CT molecular complexity index is 686. The van der Waals surface area contributed by atoms with Crippen LogP contribution < -0.4 is 0 Å². The third-order valence-corrected chi connectivity index (χ3v) is 15.1. The summed E-state index contributed by atoms with van der Waals surface area (Å²) in [6.07, 6.45) is 37.6. The molecule has 288 valence electrons. The zero-order valence-electron chi connectivity index (χ0n) is 31.1. The molecule has 0 aliphatic carbocycles. The van der Waals surface area contributed by atoms with Gasteiger partial charge in [0.1, 0.15) is 0 Å². The van der Waals surface area contributed by atoms with Crippen molar-refractivity contribution in [3.05, 3.63) is 0 Å². The fourth-order valence-corrected chi connectivity index (χ4v) is 11.9. The van der Waals surface area contributed by atoms with Crippen molar-refractivity contribution in [3.63, 3.8) is 0 Å². The molecule has 0 bridgehead atoms. The van der Waals surface area contributed by atoms with Crippen molar-refractivity contribution >= 4 is 39.7 Å². The lowest BCUT2D eigenvalue weighted by Gasteiger charge is -2.22. The van der Waals surface area contributed by atoms with E-state index in [0.29, 0.717) is 0 Å². The molecule has 0 saturated carbocycles. The molecule has 0 atom stereocenters. The summed E-state index contributed by atoms with van der Waals surface area (Å²) in [6.45, 7) is 0. The van der Waals surface area contributed by atoms with E-state index in [9.17, 15) is 19.2 Å². The van der Waals surface area contributed by atoms with E-state index in [2.05, 4.69) is 0 Å². The van der Waals surface area contributed by atoms with Crippen LogP contribution in [0.1, 0.15) is 186 Å². The molecule has 0 spiro atoms. The van der Waals surface area contributed by atoms with E-state index in [1.807, 2.05) is 0 Å². The third-order valence-electron chi connectivity index (χ3n) is 9.41. The predicted molar refractivity (Wildman–Crippen MR) is 207 cm³/mol. The summed E-state index contributed by atoms with van der Waals surface area (Å²) in [7, 11) is 0.0975. The Morgan fingerprint density at radius 1 is 0.245 bits per heavy atom. The van der Waals surface area contributed by atoms with Crippen molar-refractivity contribution in [2.24, 2.45) is 0 Å². The second-order valence-corrected chi connectivity index (χ2v) is 19.5. The van der Waals surface area contributed by atoms with Crippen LogP contribution in [0.3, 0.4) is 0 Å². The van der Waals surface area contributed by atoms with Gasteiger partial charge in [-0.2, -0.15) is 0 Å². The smallest absolute Gasteiger partial charge is 0.303 e. The predicted octanol–water partition coefficient (Wildman–Crippen LogP) is 11.6. The molecule has 4 N–H and O–H groups in total. The summed E-state index contributed by atoms with van der Waals surface area (Å²) in [6, 6.07) is 0. The van der Waals surface area contributed by atoms with Crippen molar-refractivity contribution in [1.82, 2.24) is 0 Å². The fraction of sp³-hybridized carbons (Fsp3) is 0.897. The van der Waals surface area contributed by atoms with Gasteiger partial charge in [-0.25, -0.2) is 0 Å². The van der Waals surface area contributed by atoms with Gasteiger partial charge in [0.15, 0.2) is 0 Å². The zero-order chi connectivity index (χ0) is 36.2. The number of aliphatic carboxylic acids is 4. The van der Waals surface area contributed by atoms with Crippen molar-refractivity contribution < 1.29 is 39.6 Å². The lowest BCUT2D eigenvalue weighted by Crippen LogP contribution is -2.02. The molecule has 0 aromatic heterocycles. The van der Waals surface area contributed by atoms with Crippen LogP contribution in [0.2, 0.25) is 0 Å². The van der Waals surface area contributed by atoms with Gasteiger partial charge < -0.3 is 20.4 Å². The van der Waals surface area contributed by atoms with E-state index in [1.165, 1.54) is 120 Å². The largest absolute Gasteiger partial charge is 0.481 e. The maximum absolute atomic E-state index is 10.7. The first kappa shape index (κ1) is 47.7. The first-order chi connectivity index (χ1) is 23.7. The second kappa shape index (κ2) is 36.5. The van der Waals surface area contributed by atoms with E-state index in [1.54, 1.807) is 0 Å². The quantitative estimate of drug-likeness (QED) is 0.0359. The molecule has 0 aromatic rings. The summed E-state index contributed by atoms with van der Waals surface area (Å²) in [5.41, 5.74) is 0. The second-order valence-electron chi connectivity index (χ2n) is 14.1. The Labute approximate surface area is 301 Å². The molecule has 0 heterocycles. The Hall–Kier alpha value is -1.26. The number of hydrogen-bond donors (Lipinski definition) is 4. The third kappa shape index (κ3) is 39.4. The van der Waals surface area contributed by atoms with Gasteiger partial charge in [0, 0.05) is 25.7 Å². The summed E-state index contributed by atoms with van der Waals surface area (Å²) < 4.78 is 0. The molecule has 0 amide bonds. The molecule has 0 saturated heterocycles. The summed E-state index contributed by atoms with van der Waals surface area (Å²) in [5.74, 6) is -2.76. The van der Waals surface area contributed by atoms with Crippen LogP contribution in [0.5, 0.6) is 0 Å². The van der Waals surface area contributed by atoms with Crippen molar-refractivity contribution in [3.8, 4) is 0 Å². The van der Waals surface area contributed by atoms with Gasteiger partial charge in [-0.15, -0.1) is 15.8 Å². The Morgan fingerprint density at radius 2 is 0.408 bits per heavy atom. The van der Waals surface area contributed by atoms with Crippen LogP contribution in [0, 0.1) is 0 Å². The average Bonchev–Trinajstić information content (AvgIpc) is 3.04. The molecule has 10 heteroatoms. The highest BCUT2D eigenvalue weighted by atomic mass is 31.1. The average molecular weight is 733 g/mol. The highest BCUT2D eigenvalue weighted by molar-refractivity contribution is 7.58. The van der Waals surface area contributed by atoms with Gasteiger partial charge in [0.2, 0.25) is 0 Å². The monoisotopic (exact) mass is 732 g/mol. The molecular weight excluding hydrogens is 658 g/mol. The SMILES string of the molecule is O=C(O)CCCCCCCCP(CCCCCCCCC(=O)O)CCCP(CCCCCCCCC(=O)O)CCCCCCCCC(=O)O. The van der Waals surface area contributed by atoms with E-state index in [4.69, 9.17) is 20.4 Å². The van der Waals surface area contributed by atoms with Crippen LogP contribution in [-0.2, 0) is 19.2 Å². The van der Waals surface area contributed by atoms with Crippen LogP contribution in [0.25, 0.3) is 0 Å². The van der Waals surface area contributed by atoms with Crippen molar-refractivity contribution in [2.45, 2.75) is 186 Å². The van der Waals surface area contributed by atoms with Crippen LogP contribution in [0.4, 0.5) is 0 Å². The molecule has 0 rings (SSSR count). The number of carboxylic acid groups (broad SMARTS) is 4. The number of rotatable bonds is 40. The lowest BCUT2D eigenvalue weighted by atomic mass is 10.1. The molecule has 0 aromatic carbocycles. The molecule has 0 fully saturated rings. The molecule has 49 heavy (non-hydrogen) atoms. The summed E-state index contributed by atoms with van der Waals surface area (Å²) in [4.78, 5) is 43.0. The minimum atomic E-state index is -0.690. The normalized spacial score (nSPS) is 11.5. The molecule has 0 unspecified atom stereocenters. The van der Waals surface area contributed by atoms with Gasteiger partial charge in [0.25, 0.3) is 0 Å². The number of unbranched alkanes of at least 4 members (excludes halogenated alkanes) is 20. The Kier molecular flexibility index (Phi) is 35.6. The van der Waals surface area contributed by atoms with Crippen LogP contribution >= 0.6 is 15.8 Å². The molecule has 0 radical (unpaired) electrons. The fourth-order valence-electron chi connectivity index (χ4n) is 6.46. The van der Waals surface area contributed by atoms with Gasteiger partial charge in [0.05, 0.1) is 0 Å². The van der Waals surface area contributed by atoms with Gasteiger partial charge in [-0.3, -0.25) is 19.2 Å². The minimum absolute atomic E-state index is 0.0487. The van der Waals surface area contributed by atoms with Gasteiger partial charge >= 0.3 is 23.9 Å². The summed E-state index contributed by atoms with van der Waals surface area (Å²) in [5, 5.41) is 35.4. The topological polar surface area (TPSA) is 149 Å². The highest BCUT2D eigenvalue weighted by Crippen LogP contribution is 2.43. The number of carboxylic acids is 4. The Morgan fingerprint density at radius 3 is 0.612 bits per heavy atom. The van der Waals surface area contributed by atoms with E-state index >= 15 is 0 Å². The minimum Gasteiger partial charge on any atom is -0.481 e. The summed E-state index contributed by atoms with van der Waals surface area (Å²) >= 11 is 0. The molecule has 0 aliphatic rings. The lowest BCUT2D eigenvalue weighted by molar-refractivity contribution is -0.138. The van der Waals surface area contributed by atoms with Crippen LogP contribution in [0.15, 0.2) is 0 Å². The van der Waals surface area contributed by atoms with Gasteiger partial charge in [-0.1, -0.05) is 103 Å². The van der Waals surface area contributed by atoms with Crippen LogP contribution in [-0.4, -0.2) is 81.3 Å². The van der Waals surface area contributed by atoms with Crippen molar-refractivity contribution in [1.29, 1.82) is 0 Å². The number of hydrogen-bond acceptors (Lipinski definition) is 4. The first-order valence-corrected chi connectivity index (χ1v) is 23.8. The first-order valence-electron chi connectivity index (χ1n) is 20.0. The molecule has 0 aliphatic heterocycles. The number of carbonyl (C=O) groups is 4.